The zero-order chi connectivity index (χ0) is 12.7. The third kappa shape index (κ3) is 1.81. The van der Waals surface area contributed by atoms with E-state index in [2.05, 4.69) is 19.9 Å². The van der Waals surface area contributed by atoms with Gasteiger partial charge in [0.05, 0.1) is 13.2 Å². The summed E-state index contributed by atoms with van der Waals surface area (Å²) in [5.74, 6) is 1.70. The number of hydrogen-bond acceptors (Lipinski definition) is 5. The van der Waals surface area contributed by atoms with Crippen LogP contribution in [0.15, 0.2) is 0 Å². The number of fused-ring (bicyclic) bond motifs is 1. The zero-order valence-corrected chi connectivity index (χ0v) is 11.1. The molecule has 6 nitrogen and oxygen atoms in total. The first-order chi connectivity index (χ1) is 8.66. The van der Waals surface area contributed by atoms with Crippen LogP contribution in [-0.2, 0) is 11.8 Å². The fraction of sp³-hybridized carbons (Fsp3) is 0.545. The summed E-state index contributed by atoms with van der Waals surface area (Å²) in [5.41, 5.74) is 1.58. The Kier molecular flexibility index (Phi) is 2.83. The van der Waals surface area contributed by atoms with Gasteiger partial charge >= 0.3 is 0 Å². The molecule has 0 N–H and O–H groups in total. The summed E-state index contributed by atoms with van der Waals surface area (Å²) in [6.45, 7) is 4.96. The lowest BCUT2D eigenvalue weighted by atomic mass is 10.4. The van der Waals surface area contributed by atoms with E-state index in [4.69, 9.17) is 16.3 Å². The van der Waals surface area contributed by atoms with E-state index in [9.17, 15) is 0 Å². The van der Waals surface area contributed by atoms with Crippen molar-refractivity contribution in [3.8, 4) is 0 Å². The highest BCUT2D eigenvalue weighted by Crippen LogP contribution is 2.25. The Morgan fingerprint density at radius 2 is 1.89 bits per heavy atom. The molecule has 1 fully saturated rings. The quantitative estimate of drug-likeness (QED) is 0.726. The Bertz CT molecular complexity index is 591. The molecule has 0 unspecified atom stereocenters. The van der Waals surface area contributed by atoms with Crippen LogP contribution in [0.3, 0.4) is 0 Å². The molecule has 3 rings (SSSR count). The van der Waals surface area contributed by atoms with Gasteiger partial charge in [0.25, 0.3) is 0 Å². The first-order valence-electron chi connectivity index (χ1n) is 5.86. The van der Waals surface area contributed by atoms with E-state index in [1.165, 1.54) is 0 Å². The van der Waals surface area contributed by atoms with Crippen molar-refractivity contribution >= 4 is 28.6 Å². The molecule has 0 amide bonds. The Morgan fingerprint density at radius 3 is 2.61 bits per heavy atom. The number of aryl methyl sites for hydroxylation is 2. The normalized spacial score (nSPS) is 16.5. The zero-order valence-electron chi connectivity index (χ0n) is 10.4. The van der Waals surface area contributed by atoms with Gasteiger partial charge in [0, 0.05) is 20.1 Å². The van der Waals surface area contributed by atoms with Crippen LogP contribution in [0.1, 0.15) is 5.82 Å². The van der Waals surface area contributed by atoms with Crippen LogP contribution in [0.2, 0.25) is 5.28 Å². The van der Waals surface area contributed by atoms with Crippen LogP contribution in [0, 0.1) is 6.92 Å². The smallest absolute Gasteiger partial charge is 0.226 e. The number of halogens is 1. The van der Waals surface area contributed by atoms with E-state index in [-0.39, 0.29) is 5.28 Å². The molecule has 7 heteroatoms. The second kappa shape index (κ2) is 4.37. The van der Waals surface area contributed by atoms with Gasteiger partial charge in [-0.3, -0.25) is 0 Å². The van der Waals surface area contributed by atoms with Gasteiger partial charge in [-0.15, -0.1) is 0 Å². The van der Waals surface area contributed by atoms with Gasteiger partial charge in [0.1, 0.15) is 5.82 Å². The molecule has 0 aromatic carbocycles. The highest BCUT2D eigenvalue weighted by Gasteiger charge is 2.20. The SMILES string of the molecule is Cc1nc2c(N3CCOCC3)nc(Cl)nc2n1C. The lowest BCUT2D eigenvalue weighted by Crippen LogP contribution is -2.37. The van der Waals surface area contributed by atoms with Crippen molar-refractivity contribution in [2.45, 2.75) is 6.92 Å². The van der Waals surface area contributed by atoms with E-state index in [0.717, 1.165) is 35.9 Å². The maximum Gasteiger partial charge on any atom is 0.226 e. The number of nitrogens with zero attached hydrogens (tertiary/aromatic N) is 5. The molecule has 0 bridgehead atoms. The Hall–Kier alpha value is -1.40. The lowest BCUT2D eigenvalue weighted by molar-refractivity contribution is 0.122. The van der Waals surface area contributed by atoms with E-state index in [1.54, 1.807) is 0 Å². The van der Waals surface area contributed by atoms with Gasteiger partial charge < -0.3 is 14.2 Å². The van der Waals surface area contributed by atoms with Gasteiger partial charge in [-0.25, -0.2) is 4.98 Å². The molecule has 2 aromatic heterocycles. The second-order valence-corrected chi connectivity index (χ2v) is 4.64. The second-order valence-electron chi connectivity index (χ2n) is 4.31. The summed E-state index contributed by atoms with van der Waals surface area (Å²) in [7, 11) is 1.93. The highest BCUT2D eigenvalue weighted by atomic mass is 35.5. The van der Waals surface area contributed by atoms with Gasteiger partial charge in [-0.05, 0) is 18.5 Å². The van der Waals surface area contributed by atoms with Crippen molar-refractivity contribution in [1.82, 2.24) is 19.5 Å². The number of rotatable bonds is 1. The van der Waals surface area contributed by atoms with Crippen molar-refractivity contribution in [2.24, 2.45) is 7.05 Å². The molecule has 0 radical (unpaired) electrons. The van der Waals surface area contributed by atoms with Crippen molar-refractivity contribution in [3.63, 3.8) is 0 Å². The summed E-state index contributed by atoms with van der Waals surface area (Å²) in [6, 6.07) is 0. The van der Waals surface area contributed by atoms with Gasteiger partial charge in [0.2, 0.25) is 5.28 Å². The van der Waals surface area contributed by atoms with Crippen LogP contribution in [0.4, 0.5) is 5.82 Å². The number of aromatic nitrogens is 4. The summed E-state index contributed by atoms with van der Waals surface area (Å²) in [5, 5.41) is 0.256. The maximum atomic E-state index is 6.00. The number of morpholine rings is 1. The fourth-order valence-electron chi connectivity index (χ4n) is 2.13. The first kappa shape index (κ1) is 11.7. The molecular weight excluding hydrogens is 254 g/mol. The monoisotopic (exact) mass is 267 g/mol. The van der Waals surface area contributed by atoms with Crippen LogP contribution >= 0.6 is 11.6 Å². The van der Waals surface area contributed by atoms with Crippen molar-refractivity contribution in [1.29, 1.82) is 0 Å². The molecule has 1 saturated heterocycles. The molecule has 0 atom stereocenters. The number of anilines is 1. The minimum Gasteiger partial charge on any atom is -0.378 e. The predicted molar refractivity (Wildman–Crippen MR) is 69.1 cm³/mol. The largest absolute Gasteiger partial charge is 0.378 e. The standard InChI is InChI=1S/C11H14ClN5O/c1-7-13-8-9(16(7)2)14-11(12)15-10(8)17-3-5-18-6-4-17/h3-6H2,1-2H3. The molecule has 18 heavy (non-hydrogen) atoms. The molecular formula is C11H14ClN5O. The van der Waals surface area contributed by atoms with E-state index < -0.39 is 0 Å². The third-order valence-electron chi connectivity index (χ3n) is 3.21. The lowest BCUT2D eigenvalue weighted by Gasteiger charge is -2.27. The minimum absolute atomic E-state index is 0.256. The molecule has 1 aliphatic rings. The number of ether oxygens (including phenoxy) is 1. The van der Waals surface area contributed by atoms with Crippen LogP contribution in [0.5, 0.6) is 0 Å². The Labute approximate surface area is 110 Å². The Balaban J connectivity index is 2.17. The van der Waals surface area contributed by atoms with E-state index >= 15 is 0 Å². The molecule has 0 saturated carbocycles. The van der Waals surface area contributed by atoms with E-state index in [1.807, 2.05) is 18.5 Å². The molecule has 0 spiro atoms. The molecule has 1 aliphatic heterocycles. The summed E-state index contributed by atoms with van der Waals surface area (Å²) in [6.07, 6.45) is 0. The average Bonchev–Trinajstić information content (AvgIpc) is 2.66. The average molecular weight is 268 g/mol. The Morgan fingerprint density at radius 1 is 1.17 bits per heavy atom. The number of imidazole rings is 1. The maximum absolute atomic E-state index is 6.00. The van der Waals surface area contributed by atoms with E-state index in [0.29, 0.717) is 13.2 Å². The molecule has 2 aromatic rings. The summed E-state index contributed by atoms with van der Waals surface area (Å²) in [4.78, 5) is 15.2. The molecule has 3 heterocycles. The van der Waals surface area contributed by atoms with Crippen LogP contribution in [-0.4, -0.2) is 45.8 Å². The molecule has 96 valence electrons. The molecule has 0 aliphatic carbocycles. The summed E-state index contributed by atoms with van der Waals surface area (Å²) < 4.78 is 7.27. The van der Waals surface area contributed by atoms with Crippen molar-refractivity contribution in [3.05, 3.63) is 11.1 Å². The van der Waals surface area contributed by atoms with Crippen molar-refractivity contribution in [2.75, 3.05) is 31.2 Å². The van der Waals surface area contributed by atoms with Crippen molar-refractivity contribution < 1.29 is 4.74 Å². The third-order valence-corrected chi connectivity index (χ3v) is 3.38. The van der Waals surface area contributed by atoms with Gasteiger partial charge in [0.15, 0.2) is 17.0 Å². The minimum atomic E-state index is 0.256. The first-order valence-corrected chi connectivity index (χ1v) is 6.24. The van der Waals surface area contributed by atoms with Gasteiger partial charge in [-0.2, -0.15) is 9.97 Å². The van der Waals surface area contributed by atoms with Crippen LogP contribution in [0.25, 0.3) is 11.2 Å². The highest BCUT2D eigenvalue weighted by molar-refractivity contribution is 6.28. The topological polar surface area (TPSA) is 56.1 Å². The number of hydrogen-bond donors (Lipinski definition) is 0. The van der Waals surface area contributed by atoms with Gasteiger partial charge in [-0.1, -0.05) is 0 Å². The fourth-order valence-corrected chi connectivity index (χ4v) is 2.29. The summed E-state index contributed by atoms with van der Waals surface area (Å²) >= 11 is 6.00. The predicted octanol–water partition coefficient (Wildman–Crippen LogP) is 1.16. The van der Waals surface area contributed by atoms with Crippen LogP contribution < -0.4 is 4.90 Å².